The van der Waals surface area contributed by atoms with Crippen LogP contribution in [0.25, 0.3) is 0 Å². The van der Waals surface area contributed by atoms with Crippen molar-refractivity contribution < 1.29 is 9.47 Å². The lowest BCUT2D eigenvalue weighted by Crippen LogP contribution is -2.25. The Morgan fingerprint density at radius 3 is 1.22 bits per heavy atom. The molecule has 0 spiro atoms. The molecule has 0 saturated carbocycles. The van der Waals surface area contributed by atoms with Crippen LogP contribution in [0, 0.1) is 10.8 Å². The Morgan fingerprint density at radius 2 is 0.878 bits per heavy atom. The molecule has 0 unspecified atom stereocenters. The quantitative estimate of drug-likeness (QED) is 0.107. The average Bonchev–Trinajstić information content (AvgIpc) is 2.98. The van der Waals surface area contributed by atoms with Gasteiger partial charge in [0.25, 0.3) is 0 Å². The molecule has 0 aromatic heterocycles. The van der Waals surface area contributed by atoms with Gasteiger partial charge < -0.3 is 20.1 Å². The van der Waals surface area contributed by atoms with E-state index in [4.69, 9.17) is 9.47 Å². The van der Waals surface area contributed by atoms with Crippen LogP contribution in [-0.2, 0) is 10.8 Å². The molecule has 2 aromatic carbocycles. The van der Waals surface area contributed by atoms with Crippen LogP contribution in [0.4, 0.5) is 0 Å². The van der Waals surface area contributed by atoms with Crippen molar-refractivity contribution >= 4 is 11.8 Å². The first-order valence-electron chi connectivity index (χ1n) is 19.6. The molecule has 0 atom stereocenters. The molecule has 0 amide bonds. The van der Waals surface area contributed by atoms with Gasteiger partial charge in [0.15, 0.2) is 0 Å². The number of rotatable bonds is 24. The lowest BCUT2D eigenvalue weighted by molar-refractivity contribution is 0.281. The van der Waals surface area contributed by atoms with E-state index in [1.165, 1.54) is 46.6 Å². The molecule has 0 aliphatic heterocycles. The second kappa shape index (κ2) is 21.0. The Labute approximate surface area is 308 Å². The molecule has 49 heavy (non-hydrogen) atoms. The number of unbranched alkanes of at least 4 members (excludes halogenated alkanes) is 4. The van der Waals surface area contributed by atoms with Crippen molar-refractivity contribution in [1.29, 1.82) is 0 Å². The van der Waals surface area contributed by atoms with Gasteiger partial charge in [-0.2, -0.15) is 0 Å². The molecular formula is C44H76N2O2S. The number of nitrogens with one attached hydrogen (secondary N) is 2. The summed E-state index contributed by atoms with van der Waals surface area (Å²) >= 11 is 1.82. The first-order valence-corrected chi connectivity index (χ1v) is 20.4. The third-order valence-electron chi connectivity index (χ3n) is 9.04. The summed E-state index contributed by atoms with van der Waals surface area (Å²) in [6.07, 6.45) is 11.5. The molecule has 0 fully saturated rings. The first-order chi connectivity index (χ1) is 23.0. The zero-order valence-corrected chi connectivity index (χ0v) is 34.8. The van der Waals surface area contributed by atoms with Crippen LogP contribution in [0.1, 0.15) is 158 Å². The Bertz CT molecular complexity index is 1110. The fraction of sp³-hybridized carbons (Fsp3) is 0.727. The van der Waals surface area contributed by atoms with Crippen molar-refractivity contribution in [2.75, 3.05) is 39.4 Å². The van der Waals surface area contributed by atoms with Crippen molar-refractivity contribution in [3.63, 3.8) is 0 Å². The molecule has 4 nitrogen and oxygen atoms in total. The molecule has 2 N–H and O–H groups in total. The van der Waals surface area contributed by atoms with Crippen molar-refractivity contribution in [2.24, 2.45) is 10.8 Å². The van der Waals surface area contributed by atoms with Crippen LogP contribution in [0.5, 0.6) is 11.5 Å². The van der Waals surface area contributed by atoms with Gasteiger partial charge in [0, 0.05) is 0 Å². The van der Waals surface area contributed by atoms with Gasteiger partial charge in [0.1, 0.15) is 11.5 Å². The summed E-state index contributed by atoms with van der Waals surface area (Å²) in [7, 11) is 0. The van der Waals surface area contributed by atoms with E-state index in [0.29, 0.717) is 0 Å². The fourth-order valence-corrected chi connectivity index (χ4v) is 8.22. The SMILES string of the molecule is CCCCNCCCCOc1ccc(C(C)(C)CC(C)(C)C)cc1Sc1cc(C(C)(C)CC(C)(C)C)ccc1OCCCCNCCCC. The zero-order chi connectivity index (χ0) is 36.6. The van der Waals surface area contributed by atoms with Crippen molar-refractivity contribution in [3.8, 4) is 11.5 Å². The summed E-state index contributed by atoms with van der Waals surface area (Å²) in [4.78, 5) is 2.35. The number of hydrogen-bond donors (Lipinski definition) is 2. The molecule has 0 radical (unpaired) electrons. The lowest BCUT2D eigenvalue weighted by Gasteiger charge is -2.34. The number of hydrogen-bond acceptors (Lipinski definition) is 5. The molecule has 0 aliphatic carbocycles. The van der Waals surface area contributed by atoms with Crippen molar-refractivity contribution in [2.45, 2.75) is 168 Å². The smallest absolute Gasteiger partial charge is 0.133 e. The topological polar surface area (TPSA) is 42.5 Å². The van der Waals surface area contributed by atoms with Gasteiger partial charge in [-0.25, -0.2) is 0 Å². The second-order valence-corrected chi connectivity index (χ2v) is 19.1. The maximum absolute atomic E-state index is 6.57. The van der Waals surface area contributed by atoms with E-state index in [1.807, 2.05) is 11.8 Å². The van der Waals surface area contributed by atoms with Gasteiger partial charge in [-0.15, -0.1) is 0 Å². The van der Waals surface area contributed by atoms with Gasteiger partial charge >= 0.3 is 0 Å². The monoisotopic (exact) mass is 697 g/mol. The Balaban J connectivity index is 2.40. The Morgan fingerprint density at radius 1 is 0.510 bits per heavy atom. The average molecular weight is 697 g/mol. The molecule has 0 saturated heterocycles. The summed E-state index contributed by atoms with van der Waals surface area (Å²) in [5.74, 6) is 1.95. The molecule has 5 heteroatoms. The molecule has 0 heterocycles. The number of ether oxygens (including phenoxy) is 2. The molecule has 280 valence electrons. The minimum Gasteiger partial charge on any atom is -0.492 e. The van der Waals surface area contributed by atoms with Gasteiger partial charge in [-0.3, -0.25) is 0 Å². The maximum atomic E-state index is 6.57. The molecule has 0 aliphatic rings. The zero-order valence-electron chi connectivity index (χ0n) is 34.0. The van der Waals surface area contributed by atoms with Crippen molar-refractivity contribution in [3.05, 3.63) is 47.5 Å². The van der Waals surface area contributed by atoms with E-state index in [0.717, 1.165) is 89.4 Å². The van der Waals surface area contributed by atoms with E-state index in [-0.39, 0.29) is 21.7 Å². The third kappa shape index (κ3) is 17.4. The standard InChI is InChI=1S/C44H76N2O2S/c1-13-15-25-45-27-17-19-29-47-37-23-21-35(43(9,10)33-41(3,4)5)31-39(37)49-40-32-36(44(11,12)34-42(6,7)8)22-24-38(40)48-30-20-18-28-46-26-16-14-2/h21-24,31-32,45-46H,13-20,25-30,33-34H2,1-12H3. The molecule has 2 rings (SSSR count). The normalized spacial score (nSPS) is 12.8. The summed E-state index contributed by atoms with van der Waals surface area (Å²) in [6, 6.07) is 13.8. The lowest BCUT2D eigenvalue weighted by atomic mass is 9.72. The van der Waals surface area contributed by atoms with Crippen LogP contribution in [0.15, 0.2) is 46.2 Å². The number of benzene rings is 2. The van der Waals surface area contributed by atoms with Crippen LogP contribution in [0.2, 0.25) is 0 Å². The molecular weight excluding hydrogens is 621 g/mol. The predicted molar refractivity (Wildman–Crippen MR) is 216 cm³/mol. The van der Waals surface area contributed by atoms with Crippen LogP contribution >= 0.6 is 11.8 Å². The van der Waals surface area contributed by atoms with E-state index in [2.05, 4.69) is 130 Å². The Kier molecular flexibility index (Phi) is 18.6. The van der Waals surface area contributed by atoms with Gasteiger partial charge in [0.2, 0.25) is 0 Å². The van der Waals surface area contributed by atoms with Gasteiger partial charge in [0.05, 0.1) is 23.0 Å². The highest BCUT2D eigenvalue weighted by Crippen LogP contribution is 2.46. The fourth-order valence-electron chi connectivity index (χ4n) is 7.15. The maximum Gasteiger partial charge on any atom is 0.133 e. The van der Waals surface area contributed by atoms with Crippen LogP contribution in [0.3, 0.4) is 0 Å². The van der Waals surface area contributed by atoms with Gasteiger partial charge in [-0.1, -0.05) is 120 Å². The van der Waals surface area contributed by atoms with E-state index in [9.17, 15) is 0 Å². The third-order valence-corrected chi connectivity index (χ3v) is 10.1. The summed E-state index contributed by atoms with van der Waals surface area (Å²) in [5.41, 5.74) is 3.27. The first kappa shape index (κ1) is 43.5. The summed E-state index contributed by atoms with van der Waals surface area (Å²) in [5, 5.41) is 7.14. The van der Waals surface area contributed by atoms with E-state index in [1.54, 1.807) is 0 Å². The summed E-state index contributed by atoms with van der Waals surface area (Å²) in [6.45, 7) is 33.8. The molecule has 2 aromatic rings. The highest BCUT2D eigenvalue weighted by atomic mass is 32.2. The van der Waals surface area contributed by atoms with Crippen LogP contribution < -0.4 is 20.1 Å². The minimum absolute atomic E-state index is 0.0390. The van der Waals surface area contributed by atoms with Crippen LogP contribution in [-0.4, -0.2) is 39.4 Å². The molecule has 0 bridgehead atoms. The summed E-state index contributed by atoms with van der Waals surface area (Å²) < 4.78 is 13.1. The second-order valence-electron chi connectivity index (χ2n) is 18.0. The highest BCUT2D eigenvalue weighted by molar-refractivity contribution is 7.99. The predicted octanol–water partition coefficient (Wildman–Crippen LogP) is 12.4. The minimum atomic E-state index is 0.0390. The van der Waals surface area contributed by atoms with Gasteiger partial charge in [-0.05, 0) is 135 Å². The largest absolute Gasteiger partial charge is 0.492 e. The van der Waals surface area contributed by atoms with E-state index >= 15 is 0 Å². The van der Waals surface area contributed by atoms with Crippen molar-refractivity contribution in [1.82, 2.24) is 10.6 Å². The Hall–Kier alpha value is -1.69. The highest BCUT2D eigenvalue weighted by Gasteiger charge is 2.30. The van der Waals surface area contributed by atoms with E-state index < -0.39 is 0 Å².